The minimum absolute atomic E-state index is 0.141. The summed E-state index contributed by atoms with van der Waals surface area (Å²) in [7, 11) is 1.65. The third kappa shape index (κ3) is 3.65. The van der Waals surface area contributed by atoms with Gasteiger partial charge in [0.05, 0.1) is 24.0 Å². The first-order valence-corrected chi connectivity index (χ1v) is 9.57. The SMILES string of the molecule is COCCn1cnc2cc(Nc3c(N[C@H](C)c4cccc(O)c4)c(=O)c3=O)ccc21. The molecule has 1 heterocycles. The van der Waals surface area contributed by atoms with Crippen LogP contribution in [0.3, 0.4) is 0 Å². The van der Waals surface area contributed by atoms with Gasteiger partial charge in [0.15, 0.2) is 0 Å². The highest BCUT2D eigenvalue weighted by Crippen LogP contribution is 2.27. The summed E-state index contributed by atoms with van der Waals surface area (Å²) < 4.78 is 7.10. The van der Waals surface area contributed by atoms with Crippen molar-refractivity contribution < 1.29 is 9.84 Å². The maximum Gasteiger partial charge on any atom is 0.253 e. The Morgan fingerprint density at radius 1 is 1.13 bits per heavy atom. The standard InChI is InChI=1S/C22H22N4O4/c1-13(14-4-3-5-16(27)10-14)24-19-20(22(29)21(19)28)25-15-6-7-18-17(11-15)23-12-26(18)8-9-30-2/h3-7,10-13,24-25,27H,8-9H2,1-2H3/t13-/m1/s1. The lowest BCUT2D eigenvalue weighted by atomic mass is 10.1. The second-order valence-electron chi connectivity index (χ2n) is 7.13. The first-order chi connectivity index (χ1) is 14.5. The summed E-state index contributed by atoms with van der Waals surface area (Å²) in [5.74, 6) is 0.141. The van der Waals surface area contributed by atoms with Crippen LogP contribution < -0.4 is 21.5 Å². The molecule has 0 radical (unpaired) electrons. The molecule has 0 unspecified atom stereocenters. The molecule has 30 heavy (non-hydrogen) atoms. The van der Waals surface area contributed by atoms with Crippen LogP contribution in [-0.2, 0) is 11.3 Å². The van der Waals surface area contributed by atoms with E-state index < -0.39 is 10.9 Å². The highest BCUT2D eigenvalue weighted by Gasteiger charge is 2.23. The van der Waals surface area contributed by atoms with Gasteiger partial charge in [-0.15, -0.1) is 0 Å². The number of nitrogens with one attached hydrogen (secondary N) is 2. The first kappa shape index (κ1) is 19.7. The van der Waals surface area contributed by atoms with Gasteiger partial charge in [0.25, 0.3) is 10.9 Å². The maximum absolute atomic E-state index is 12.2. The van der Waals surface area contributed by atoms with E-state index in [9.17, 15) is 14.7 Å². The van der Waals surface area contributed by atoms with Crippen molar-refractivity contribution in [3.63, 3.8) is 0 Å². The van der Waals surface area contributed by atoms with Crippen molar-refractivity contribution in [2.45, 2.75) is 19.5 Å². The average molecular weight is 406 g/mol. The van der Waals surface area contributed by atoms with Crippen molar-refractivity contribution >= 4 is 28.1 Å². The van der Waals surface area contributed by atoms with E-state index in [0.29, 0.717) is 18.8 Å². The molecule has 8 heteroatoms. The summed E-state index contributed by atoms with van der Waals surface area (Å²) in [6.07, 6.45) is 1.74. The van der Waals surface area contributed by atoms with Crippen LogP contribution in [0.25, 0.3) is 11.0 Å². The highest BCUT2D eigenvalue weighted by molar-refractivity contribution is 5.84. The van der Waals surface area contributed by atoms with Crippen LogP contribution in [0.15, 0.2) is 58.4 Å². The van der Waals surface area contributed by atoms with E-state index in [1.807, 2.05) is 35.8 Å². The molecule has 0 spiro atoms. The molecule has 3 N–H and O–H groups in total. The third-order valence-corrected chi connectivity index (χ3v) is 5.07. The zero-order valence-electron chi connectivity index (χ0n) is 16.7. The third-order valence-electron chi connectivity index (χ3n) is 5.07. The summed E-state index contributed by atoms with van der Waals surface area (Å²) in [5.41, 5.74) is 2.54. The van der Waals surface area contributed by atoms with Gasteiger partial charge in [-0.25, -0.2) is 4.98 Å². The summed E-state index contributed by atoms with van der Waals surface area (Å²) in [6, 6.07) is 12.1. The monoisotopic (exact) mass is 406 g/mol. The van der Waals surface area contributed by atoms with E-state index in [0.717, 1.165) is 16.6 Å². The maximum atomic E-state index is 12.2. The molecule has 0 bridgehead atoms. The lowest BCUT2D eigenvalue weighted by Crippen LogP contribution is -2.37. The van der Waals surface area contributed by atoms with Crippen LogP contribution >= 0.6 is 0 Å². The van der Waals surface area contributed by atoms with Crippen molar-refractivity contribution in [2.24, 2.45) is 0 Å². The van der Waals surface area contributed by atoms with E-state index in [1.165, 1.54) is 0 Å². The summed E-state index contributed by atoms with van der Waals surface area (Å²) >= 11 is 0. The Morgan fingerprint density at radius 3 is 2.70 bits per heavy atom. The quantitative estimate of drug-likeness (QED) is 0.386. The van der Waals surface area contributed by atoms with E-state index in [2.05, 4.69) is 15.6 Å². The lowest BCUT2D eigenvalue weighted by Gasteiger charge is -2.20. The molecule has 0 amide bonds. The molecule has 0 aliphatic heterocycles. The van der Waals surface area contributed by atoms with Gasteiger partial charge in [-0.1, -0.05) is 12.1 Å². The van der Waals surface area contributed by atoms with E-state index in [1.54, 1.807) is 31.6 Å². The topological polar surface area (TPSA) is 105 Å². The Kier molecular flexibility index (Phi) is 5.24. The molecule has 1 atom stereocenters. The number of rotatable bonds is 8. The van der Waals surface area contributed by atoms with Gasteiger partial charge in [-0.2, -0.15) is 0 Å². The number of hydrogen-bond donors (Lipinski definition) is 3. The smallest absolute Gasteiger partial charge is 0.253 e. The summed E-state index contributed by atoms with van der Waals surface area (Å²) in [5, 5.41) is 15.8. The van der Waals surface area contributed by atoms with Crippen LogP contribution in [0.2, 0.25) is 0 Å². The Morgan fingerprint density at radius 2 is 1.93 bits per heavy atom. The highest BCUT2D eigenvalue weighted by atomic mass is 16.5. The van der Waals surface area contributed by atoms with E-state index in [4.69, 9.17) is 4.74 Å². The number of nitrogens with zero attached hydrogens (tertiary/aromatic N) is 2. The Labute approximate surface area is 172 Å². The van der Waals surface area contributed by atoms with Gasteiger partial charge in [0, 0.05) is 25.4 Å². The molecule has 0 aliphatic rings. The minimum atomic E-state index is -0.564. The fourth-order valence-electron chi connectivity index (χ4n) is 3.40. The zero-order chi connectivity index (χ0) is 21.3. The average Bonchev–Trinajstić information content (AvgIpc) is 3.16. The largest absolute Gasteiger partial charge is 0.508 e. The number of imidazole rings is 1. The summed E-state index contributed by atoms with van der Waals surface area (Å²) in [6.45, 7) is 3.13. The van der Waals surface area contributed by atoms with E-state index >= 15 is 0 Å². The number of phenolic OH excluding ortho intramolecular Hbond substituents is 1. The molecule has 0 fully saturated rings. The molecule has 0 saturated carbocycles. The second kappa shape index (κ2) is 8.00. The number of hydrogen-bond acceptors (Lipinski definition) is 7. The van der Waals surface area contributed by atoms with Crippen molar-refractivity contribution in [2.75, 3.05) is 24.4 Å². The fraction of sp³-hybridized carbons (Fsp3) is 0.227. The van der Waals surface area contributed by atoms with Gasteiger partial charge in [0.1, 0.15) is 17.1 Å². The van der Waals surface area contributed by atoms with Crippen molar-refractivity contribution in [1.29, 1.82) is 0 Å². The number of fused-ring (bicyclic) bond motifs is 1. The van der Waals surface area contributed by atoms with Gasteiger partial charge in [0.2, 0.25) is 0 Å². The molecule has 3 aromatic carbocycles. The van der Waals surface area contributed by atoms with Crippen LogP contribution in [-0.4, -0.2) is 28.4 Å². The fourth-order valence-corrected chi connectivity index (χ4v) is 3.40. The molecule has 1 aromatic heterocycles. The molecule has 8 nitrogen and oxygen atoms in total. The van der Waals surface area contributed by atoms with Gasteiger partial charge < -0.3 is 25.0 Å². The molecular weight excluding hydrogens is 384 g/mol. The Bertz CT molecular complexity index is 1270. The van der Waals surface area contributed by atoms with Crippen molar-refractivity contribution in [3.8, 4) is 5.75 Å². The first-order valence-electron chi connectivity index (χ1n) is 9.57. The predicted molar refractivity (Wildman–Crippen MR) is 116 cm³/mol. The number of ether oxygens (including phenoxy) is 1. The van der Waals surface area contributed by atoms with Crippen LogP contribution in [0.4, 0.5) is 17.1 Å². The normalized spacial score (nSPS) is 12.3. The number of anilines is 3. The Balaban J connectivity index is 1.55. The molecule has 154 valence electrons. The van der Waals surface area contributed by atoms with Gasteiger partial charge >= 0.3 is 0 Å². The molecule has 0 saturated heterocycles. The number of aromatic hydroxyl groups is 1. The molecule has 4 rings (SSSR count). The number of aromatic nitrogens is 2. The number of benzene rings is 2. The molecule has 0 aliphatic carbocycles. The zero-order valence-corrected chi connectivity index (χ0v) is 16.7. The Hall–Kier alpha value is -3.65. The molecular formula is C22H22N4O4. The van der Waals surface area contributed by atoms with Crippen LogP contribution in [0.5, 0.6) is 5.75 Å². The minimum Gasteiger partial charge on any atom is -0.508 e. The number of phenols is 1. The van der Waals surface area contributed by atoms with Crippen molar-refractivity contribution in [3.05, 3.63) is 74.8 Å². The predicted octanol–water partition coefficient (Wildman–Crippen LogP) is 2.90. The summed E-state index contributed by atoms with van der Waals surface area (Å²) in [4.78, 5) is 28.7. The van der Waals surface area contributed by atoms with Crippen molar-refractivity contribution in [1.82, 2.24) is 9.55 Å². The van der Waals surface area contributed by atoms with Gasteiger partial charge in [-0.3, -0.25) is 9.59 Å². The van der Waals surface area contributed by atoms with Crippen LogP contribution in [0.1, 0.15) is 18.5 Å². The number of methoxy groups -OCH3 is 1. The van der Waals surface area contributed by atoms with Crippen LogP contribution in [0, 0.1) is 0 Å². The molecule has 4 aromatic rings. The lowest BCUT2D eigenvalue weighted by molar-refractivity contribution is 0.188. The second-order valence-corrected chi connectivity index (χ2v) is 7.13. The van der Waals surface area contributed by atoms with Gasteiger partial charge in [-0.05, 0) is 42.8 Å². The van der Waals surface area contributed by atoms with E-state index in [-0.39, 0.29) is 23.2 Å².